The monoisotopic (exact) mass is 368 g/mol. The van der Waals surface area contributed by atoms with Gasteiger partial charge in [0.25, 0.3) is 0 Å². The summed E-state index contributed by atoms with van der Waals surface area (Å²) in [7, 11) is 0. The van der Waals surface area contributed by atoms with Crippen LogP contribution in [0.1, 0.15) is 5.56 Å². The highest BCUT2D eigenvalue weighted by Gasteiger charge is 2.12. The molecular formula is C19H13ClN2S2. The number of thiophene rings is 1. The molecular weight excluding hydrogens is 356 g/mol. The third-order valence-corrected chi connectivity index (χ3v) is 5.88. The highest BCUT2D eigenvalue weighted by atomic mass is 35.5. The molecule has 0 N–H and O–H groups in total. The maximum absolute atomic E-state index is 6.39. The normalized spacial score (nSPS) is 11.0. The molecule has 0 atom stereocenters. The summed E-state index contributed by atoms with van der Waals surface area (Å²) in [5.41, 5.74) is 2.42. The second-order valence-corrected chi connectivity index (χ2v) is 7.60. The number of benzene rings is 2. The van der Waals surface area contributed by atoms with E-state index in [1.165, 1.54) is 11.1 Å². The van der Waals surface area contributed by atoms with Gasteiger partial charge in [0.05, 0.1) is 0 Å². The zero-order valence-electron chi connectivity index (χ0n) is 12.6. The Hall–Kier alpha value is -1.88. The van der Waals surface area contributed by atoms with Gasteiger partial charge in [-0.2, -0.15) is 0 Å². The van der Waals surface area contributed by atoms with Gasteiger partial charge in [-0.3, -0.25) is 0 Å². The molecule has 2 aromatic carbocycles. The molecule has 0 fully saturated rings. The zero-order valence-corrected chi connectivity index (χ0v) is 15.0. The molecule has 0 radical (unpaired) electrons. The van der Waals surface area contributed by atoms with Crippen molar-refractivity contribution in [2.75, 3.05) is 0 Å². The summed E-state index contributed by atoms with van der Waals surface area (Å²) >= 11 is 9.65. The molecule has 4 aromatic rings. The van der Waals surface area contributed by atoms with Crippen LogP contribution in [0.15, 0.2) is 71.9 Å². The van der Waals surface area contributed by atoms with Crippen molar-refractivity contribution in [3.8, 4) is 10.4 Å². The Labute approximate surface area is 153 Å². The Morgan fingerprint density at radius 3 is 2.38 bits per heavy atom. The quantitative estimate of drug-likeness (QED) is 0.240. The molecule has 0 unspecified atom stereocenters. The number of halogens is 1. The summed E-state index contributed by atoms with van der Waals surface area (Å²) < 4.78 is 0. The Kier molecular flexibility index (Phi) is 4.52. The molecule has 0 saturated heterocycles. The minimum Gasteiger partial charge on any atom is -0.211 e. The van der Waals surface area contributed by atoms with Gasteiger partial charge in [0.15, 0.2) is 5.16 Å². The summed E-state index contributed by atoms with van der Waals surface area (Å²) in [6.07, 6.45) is 0. The number of hydrogen-bond donors (Lipinski definition) is 0. The van der Waals surface area contributed by atoms with Crippen LogP contribution in [0, 0.1) is 0 Å². The van der Waals surface area contributed by atoms with Gasteiger partial charge in [-0.15, -0.1) is 11.3 Å². The lowest BCUT2D eigenvalue weighted by Gasteiger charge is -2.01. The van der Waals surface area contributed by atoms with Crippen LogP contribution in [0.4, 0.5) is 0 Å². The number of hydrogen-bond acceptors (Lipinski definition) is 4. The maximum Gasteiger partial charge on any atom is 0.190 e. The maximum atomic E-state index is 6.39. The predicted octanol–water partition coefficient (Wildman–Crippen LogP) is 6.30. The van der Waals surface area contributed by atoms with Crippen LogP contribution in [-0.4, -0.2) is 9.97 Å². The second kappa shape index (κ2) is 6.93. The van der Waals surface area contributed by atoms with E-state index in [1.54, 1.807) is 23.1 Å². The van der Waals surface area contributed by atoms with E-state index in [0.29, 0.717) is 5.15 Å². The second-order valence-electron chi connectivity index (χ2n) is 5.27. The summed E-state index contributed by atoms with van der Waals surface area (Å²) in [5.74, 6) is 0.833. The topological polar surface area (TPSA) is 25.8 Å². The first-order chi connectivity index (χ1) is 11.8. The molecule has 0 saturated carbocycles. The number of rotatable bonds is 4. The Morgan fingerprint density at radius 1 is 0.917 bits per heavy atom. The molecule has 0 aliphatic rings. The first kappa shape index (κ1) is 15.6. The highest BCUT2D eigenvalue weighted by molar-refractivity contribution is 7.98. The zero-order chi connectivity index (χ0) is 16.4. The molecule has 0 bridgehead atoms. The summed E-state index contributed by atoms with van der Waals surface area (Å²) in [6, 6.07) is 22.7. The Bertz CT molecular complexity index is 969. The van der Waals surface area contributed by atoms with Gasteiger partial charge in [0.2, 0.25) is 0 Å². The molecule has 0 spiro atoms. The standard InChI is InChI=1S/C19H13ClN2S2/c20-17-15-11-16(14-9-5-2-6-10-14)24-18(15)22-19(21-17)23-12-13-7-3-1-4-8-13/h1-11H,12H2. The SMILES string of the molecule is Clc1nc(SCc2ccccc2)nc2sc(-c3ccccc3)cc12. The van der Waals surface area contributed by atoms with E-state index in [1.807, 2.05) is 36.4 Å². The average Bonchev–Trinajstić information content (AvgIpc) is 3.06. The summed E-state index contributed by atoms with van der Waals surface area (Å²) in [5, 5.41) is 2.16. The molecule has 2 heterocycles. The summed E-state index contributed by atoms with van der Waals surface area (Å²) in [6.45, 7) is 0. The Balaban J connectivity index is 1.64. The minimum absolute atomic E-state index is 0.522. The predicted molar refractivity (Wildman–Crippen MR) is 104 cm³/mol. The van der Waals surface area contributed by atoms with Crippen molar-refractivity contribution in [2.24, 2.45) is 0 Å². The van der Waals surface area contributed by atoms with Gasteiger partial charge in [0, 0.05) is 16.0 Å². The van der Waals surface area contributed by atoms with Gasteiger partial charge in [-0.05, 0) is 17.2 Å². The van der Waals surface area contributed by atoms with Crippen LogP contribution in [0.5, 0.6) is 0 Å². The largest absolute Gasteiger partial charge is 0.211 e. The molecule has 118 valence electrons. The van der Waals surface area contributed by atoms with E-state index >= 15 is 0 Å². The van der Waals surface area contributed by atoms with Gasteiger partial charge in [0.1, 0.15) is 9.98 Å². The first-order valence-corrected chi connectivity index (χ1v) is 9.67. The fourth-order valence-corrected chi connectivity index (χ4v) is 4.62. The van der Waals surface area contributed by atoms with Crippen molar-refractivity contribution in [3.05, 3.63) is 77.4 Å². The molecule has 0 aliphatic heterocycles. The van der Waals surface area contributed by atoms with Crippen molar-refractivity contribution < 1.29 is 0 Å². The first-order valence-electron chi connectivity index (χ1n) is 7.49. The van der Waals surface area contributed by atoms with Gasteiger partial charge in [-0.25, -0.2) is 9.97 Å². The van der Waals surface area contributed by atoms with Crippen molar-refractivity contribution in [1.29, 1.82) is 0 Å². The highest BCUT2D eigenvalue weighted by Crippen LogP contribution is 2.36. The molecule has 4 rings (SSSR count). The number of nitrogens with zero attached hydrogens (tertiary/aromatic N) is 2. The lowest BCUT2D eigenvalue weighted by Crippen LogP contribution is -1.88. The van der Waals surface area contributed by atoms with Crippen molar-refractivity contribution >= 4 is 44.9 Å². The molecule has 0 aliphatic carbocycles. The van der Waals surface area contributed by atoms with Crippen LogP contribution in [0.3, 0.4) is 0 Å². The number of thioether (sulfide) groups is 1. The lowest BCUT2D eigenvalue weighted by molar-refractivity contribution is 1.01. The molecule has 24 heavy (non-hydrogen) atoms. The third-order valence-electron chi connectivity index (χ3n) is 3.59. The number of fused-ring (bicyclic) bond motifs is 1. The van der Waals surface area contributed by atoms with Crippen LogP contribution < -0.4 is 0 Å². The lowest BCUT2D eigenvalue weighted by atomic mass is 10.2. The van der Waals surface area contributed by atoms with E-state index in [0.717, 1.165) is 26.0 Å². The summed E-state index contributed by atoms with van der Waals surface area (Å²) in [4.78, 5) is 11.2. The van der Waals surface area contributed by atoms with E-state index in [9.17, 15) is 0 Å². The minimum atomic E-state index is 0.522. The van der Waals surface area contributed by atoms with Crippen molar-refractivity contribution in [2.45, 2.75) is 10.9 Å². The van der Waals surface area contributed by atoms with E-state index in [4.69, 9.17) is 11.6 Å². The van der Waals surface area contributed by atoms with Crippen LogP contribution in [0.2, 0.25) is 5.15 Å². The fourth-order valence-electron chi connectivity index (χ4n) is 2.40. The van der Waals surface area contributed by atoms with E-state index < -0.39 is 0 Å². The van der Waals surface area contributed by atoms with Crippen LogP contribution >= 0.6 is 34.7 Å². The van der Waals surface area contributed by atoms with E-state index in [-0.39, 0.29) is 0 Å². The average molecular weight is 369 g/mol. The molecule has 0 amide bonds. The smallest absolute Gasteiger partial charge is 0.190 e. The van der Waals surface area contributed by atoms with Gasteiger partial charge >= 0.3 is 0 Å². The van der Waals surface area contributed by atoms with Crippen molar-refractivity contribution in [1.82, 2.24) is 9.97 Å². The van der Waals surface area contributed by atoms with Crippen molar-refractivity contribution in [3.63, 3.8) is 0 Å². The van der Waals surface area contributed by atoms with Gasteiger partial charge in [-0.1, -0.05) is 84.0 Å². The third kappa shape index (κ3) is 3.31. The van der Waals surface area contributed by atoms with Gasteiger partial charge < -0.3 is 0 Å². The Morgan fingerprint density at radius 2 is 1.62 bits per heavy atom. The molecule has 5 heteroatoms. The van der Waals surface area contributed by atoms with Crippen LogP contribution in [-0.2, 0) is 5.75 Å². The molecule has 2 aromatic heterocycles. The molecule has 2 nitrogen and oxygen atoms in total. The van der Waals surface area contributed by atoms with E-state index in [2.05, 4.69) is 40.3 Å². The van der Waals surface area contributed by atoms with Crippen LogP contribution in [0.25, 0.3) is 20.7 Å². The fraction of sp³-hybridized carbons (Fsp3) is 0.0526. The number of aromatic nitrogens is 2.